The summed E-state index contributed by atoms with van der Waals surface area (Å²) >= 11 is 7.60. The van der Waals surface area contributed by atoms with E-state index >= 15 is 0 Å². The minimum Gasteiger partial charge on any atom is -0.489 e. The molecule has 2 unspecified atom stereocenters. The van der Waals surface area contributed by atoms with Crippen molar-refractivity contribution in [3.8, 4) is 16.3 Å². The molecule has 0 spiro atoms. The second kappa shape index (κ2) is 12.4. The summed E-state index contributed by atoms with van der Waals surface area (Å²) < 4.78 is 24.3. The van der Waals surface area contributed by atoms with Gasteiger partial charge < -0.3 is 19.5 Å². The number of nitrogens with zero attached hydrogens (tertiary/aromatic N) is 2. The van der Waals surface area contributed by atoms with Gasteiger partial charge in [-0.3, -0.25) is 9.18 Å². The number of ether oxygens (including phenoxy) is 2. The number of carbonyl (C=O) groups is 2. The first-order valence-corrected chi connectivity index (χ1v) is 12.6. The molecule has 2 atom stereocenters. The van der Waals surface area contributed by atoms with Gasteiger partial charge in [0.15, 0.2) is 0 Å². The Bertz CT molecular complexity index is 1000. The summed E-state index contributed by atoms with van der Waals surface area (Å²) in [4.78, 5) is 30.5. The largest absolute Gasteiger partial charge is 0.489 e. The molecule has 1 saturated carbocycles. The zero-order chi connectivity index (χ0) is 24.7. The molecule has 3 rings (SSSR count). The number of hydrogen-bond donors (Lipinski definition) is 1. The molecule has 34 heavy (non-hydrogen) atoms. The number of alkyl halides is 1. The standard InChI is InChI=1S/C24H30ClFN2O5S/c1-15-20(33-18-7-5-6-16(12-18)23(29)30)9-8-19(27-15)22-17(13-21(25)34-22)14-32-24(31)28(2)11-4-3-10-26/h8-9,13,16,18H,3-7,10-12,14H2,1-2H3,(H,29,30). The molecular formula is C24H30ClFN2O5S. The van der Waals surface area contributed by atoms with E-state index in [1.807, 2.05) is 19.1 Å². The first-order chi connectivity index (χ1) is 16.3. The van der Waals surface area contributed by atoms with Crippen molar-refractivity contribution in [1.29, 1.82) is 0 Å². The van der Waals surface area contributed by atoms with Crippen molar-refractivity contribution in [2.75, 3.05) is 20.3 Å². The summed E-state index contributed by atoms with van der Waals surface area (Å²) in [6, 6.07) is 5.42. The number of aryl methyl sites for hydroxylation is 1. The second-order valence-electron chi connectivity index (χ2n) is 8.50. The summed E-state index contributed by atoms with van der Waals surface area (Å²) in [6.07, 6.45) is 3.19. The fourth-order valence-corrected chi connectivity index (χ4v) is 5.19. The van der Waals surface area contributed by atoms with Gasteiger partial charge >= 0.3 is 12.1 Å². The Morgan fingerprint density at radius 3 is 2.82 bits per heavy atom. The highest BCUT2D eigenvalue weighted by molar-refractivity contribution is 7.19. The maximum Gasteiger partial charge on any atom is 0.409 e. The highest BCUT2D eigenvalue weighted by Gasteiger charge is 2.28. The maximum absolute atomic E-state index is 12.3. The summed E-state index contributed by atoms with van der Waals surface area (Å²) in [7, 11) is 1.62. The number of carboxylic acids is 1. The summed E-state index contributed by atoms with van der Waals surface area (Å²) in [5.74, 6) is -0.509. The fourth-order valence-electron chi connectivity index (χ4n) is 3.96. The zero-order valence-electron chi connectivity index (χ0n) is 19.4. The molecule has 1 aliphatic rings. The van der Waals surface area contributed by atoms with Crippen LogP contribution in [0.25, 0.3) is 10.6 Å². The lowest BCUT2D eigenvalue weighted by Crippen LogP contribution is -2.29. The number of thiophene rings is 1. The molecule has 0 bridgehead atoms. The number of aromatic nitrogens is 1. The van der Waals surface area contributed by atoms with Gasteiger partial charge in [-0.15, -0.1) is 11.3 Å². The number of pyridine rings is 1. The number of halogens is 2. The average molecular weight is 513 g/mol. The van der Waals surface area contributed by atoms with Crippen LogP contribution in [0.5, 0.6) is 5.75 Å². The van der Waals surface area contributed by atoms with E-state index in [9.17, 15) is 19.1 Å². The van der Waals surface area contributed by atoms with E-state index in [4.69, 9.17) is 21.1 Å². The third-order valence-corrected chi connectivity index (χ3v) is 7.19. The SMILES string of the molecule is Cc1nc(-c2sc(Cl)cc2COC(=O)N(C)CCCCF)ccc1OC1CCCC(C(=O)O)C1. The molecule has 0 saturated heterocycles. The Morgan fingerprint density at radius 2 is 2.12 bits per heavy atom. The van der Waals surface area contributed by atoms with E-state index < -0.39 is 18.7 Å². The average Bonchev–Trinajstić information content (AvgIpc) is 3.19. The van der Waals surface area contributed by atoms with Gasteiger partial charge in [-0.05, 0) is 63.6 Å². The van der Waals surface area contributed by atoms with Crippen LogP contribution in [0.3, 0.4) is 0 Å². The molecular weight excluding hydrogens is 483 g/mol. The third-order valence-electron chi connectivity index (χ3n) is 5.86. The van der Waals surface area contributed by atoms with Crippen LogP contribution in [0, 0.1) is 12.8 Å². The van der Waals surface area contributed by atoms with E-state index in [2.05, 4.69) is 4.98 Å². The lowest BCUT2D eigenvalue weighted by Gasteiger charge is -2.27. The summed E-state index contributed by atoms with van der Waals surface area (Å²) in [5.41, 5.74) is 2.13. The van der Waals surface area contributed by atoms with Gasteiger partial charge in [0.25, 0.3) is 0 Å². The van der Waals surface area contributed by atoms with Crippen molar-refractivity contribution in [2.24, 2.45) is 5.92 Å². The van der Waals surface area contributed by atoms with Crippen LogP contribution >= 0.6 is 22.9 Å². The lowest BCUT2D eigenvalue weighted by atomic mass is 9.87. The lowest BCUT2D eigenvalue weighted by molar-refractivity contribution is -0.143. The number of unbranched alkanes of at least 4 members (excludes halogenated alkanes) is 1. The van der Waals surface area contributed by atoms with E-state index in [1.165, 1.54) is 16.2 Å². The van der Waals surface area contributed by atoms with Gasteiger partial charge in [0.2, 0.25) is 0 Å². The first kappa shape index (κ1) is 26.2. The second-order valence-corrected chi connectivity index (χ2v) is 10.2. The van der Waals surface area contributed by atoms with E-state index in [0.717, 1.165) is 23.3 Å². The van der Waals surface area contributed by atoms with Crippen LogP contribution in [0.1, 0.15) is 49.8 Å². The Kier molecular flexibility index (Phi) is 9.53. The van der Waals surface area contributed by atoms with Crippen LogP contribution in [0.4, 0.5) is 9.18 Å². The normalized spacial score (nSPS) is 17.9. The monoisotopic (exact) mass is 512 g/mol. The van der Waals surface area contributed by atoms with Crippen LogP contribution in [0.2, 0.25) is 4.34 Å². The molecule has 1 aliphatic carbocycles. The Labute approximate surface area is 207 Å². The third kappa shape index (κ3) is 7.06. The van der Waals surface area contributed by atoms with E-state index in [1.54, 1.807) is 13.1 Å². The molecule has 1 fully saturated rings. The van der Waals surface area contributed by atoms with Crippen LogP contribution < -0.4 is 4.74 Å². The van der Waals surface area contributed by atoms with Gasteiger partial charge in [0.05, 0.1) is 39.3 Å². The van der Waals surface area contributed by atoms with Crippen molar-refractivity contribution >= 4 is 35.0 Å². The van der Waals surface area contributed by atoms with Crippen molar-refractivity contribution in [3.63, 3.8) is 0 Å². The van der Waals surface area contributed by atoms with E-state index in [0.29, 0.717) is 53.7 Å². The number of rotatable bonds is 10. The number of amides is 1. The van der Waals surface area contributed by atoms with E-state index in [-0.39, 0.29) is 18.6 Å². The van der Waals surface area contributed by atoms with Gasteiger partial charge in [-0.25, -0.2) is 9.78 Å². The maximum atomic E-state index is 12.3. The molecule has 10 heteroatoms. The molecule has 0 aromatic carbocycles. The minimum absolute atomic E-state index is 0.0441. The van der Waals surface area contributed by atoms with Gasteiger partial charge in [0, 0.05) is 19.2 Å². The van der Waals surface area contributed by atoms with Crippen molar-refractivity contribution in [1.82, 2.24) is 9.88 Å². The predicted molar refractivity (Wildman–Crippen MR) is 129 cm³/mol. The fraction of sp³-hybridized carbons (Fsp3) is 0.542. The highest BCUT2D eigenvalue weighted by Crippen LogP contribution is 2.37. The van der Waals surface area contributed by atoms with Crippen molar-refractivity contribution in [2.45, 2.75) is 58.2 Å². The quantitative estimate of drug-likeness (QED) is 0.386. The van der Waals surface area contributed by atoms with Crippen LogP contribution in [-0.4, -0.2) is 53.4 Å². The molecule has 1 N–H and O–H groups in total. The van der Waals surface area contributed by atoms with Gasteiger partial charge in [-0.1, -0.05) is 11.6 Å². The molecule has 2 aromatic heterocycles. The first-order valence-electron chi connectivity index (χ1n) is 11.4. The minimum atomic E-state index is -0.771. The topological polar surface area (TPSA) is 89.0 Å². The van der Waals surface area contributed by atoms with Gasteiger partial charge in [0.1, 0.15) is 12.4 Å². The summed E-state index contributed by atoms with van der Waals surface area (Å²) in [6.45, 7) is 1.91. The highest BCUT2D eigenvalue weighted by atomic mass is 35.5. The predicted octanol–water partition coefficient (Wildman–Crippen LogP) is 6.11. The van der Waals surface area contributed by atoms with Crippen molar-refractivity contribution in [3.05, 3.63) is 33.8 Å². The summed E-state index contributed by atoms with van der Waals surface area (Å²) in [5, 5.41) is 9.30. The Balaban J connectivity index is 1.65. The number of carbonyl (C=O) groups excluding carboxylic acids is 1. The molecule has 2 heterocycles. The number of aliphatic carboxylic acids is 1. The Morgan fingerprint density at radius 1 is 1.32 bits per heavy atom. The number of carboxylic acid groups (broad SMARTS) is 1. The van der Waals surface area contributed by atoms with Crippen molar-refractivity contribution < 1.29 is 28.6 Å². The molecule has 0 aliphatic heterocycles. The molecule has 1 amide bonds. The smallest absolute Gasteiger partial charge is 0.409 e. The Hall–Kier alpha value is -2.39. The van der Waals surface area contributed by atoms with Crippen LogP contribution in [-0.2, 0) is 16.1 Å². The number of hydrogen-bond acceptors (Lipinski definition) is 6. The molecule has 7 nitrogen and oxygen atoms in total. The van der Waals surface area contributed by atoms with Crippen LogP contribution in [0.15, 0.2) is 18.2 Å². The molecule has 2 aromatic rings. The zero-order valence-corrected chi connectivity index (χ0v) is 21.0. The van der Waals surface area contributed by atoms with Gasteiger partial charge in [-0.2, -0.15) is 0 Å². The molecule has 186 valence electrons. The molecule has 0 radical (unpaired) electrons.